The van der Waals surface area contributed by atoms with Gasteiger partial charge in [-0.1, -0.05) is 33.6 Å². The van der Waals surface area contributed by atoms with E-state index >= 15 is 0 Å². The van der Waals surface area contributed by atoms with Crippen LogP contribution < -0.4 is 10.6 Å². The van der Waals surface area contributed by atoms with Gasteiger partial charge in [0.05, 0.1) is 0 Å². The highest BCUT2D eigenvalue weighted by atomic mass is 16.1. The number of rotatable bonds is 8. The summed E-state index contributed by atoms with van der Waals surface area (Å²) in [5.41, 5.74) is 0. The van der Waals surface area contributed by atoms with Crippen LogP contribution in [0.25, 0.3) is 0 Å². The number of carbonyl (C=O) groups excluding carboxylic acids is 1. The molecule has 0 bridgehead atoms. The van der Waals surface area contributed by atoms with Crippen molar-refractivity contribution in [3.05, 3.63) is 0 Å². The van der Waals surface area contributed by atoms with Crippen LogP contribution in [0.5, 0.6) is 0 Å². The molecule has 3 nitrogen and oxygen atoms in total. The molecule has 0 aliphatic heterocycles. The van der Waals surface area contributed by atoms with Gasteiger partial charge in [0.1, 0.15) is 0 Å². The Labute approximate surface area is 125 Å². The summed E-state index contributed by atoms with van der Waals surface area (Å²) in [6.45, 7) is 9.61. The molecule has 3 unspecified atom stereocenters. The Hall–Kier alpha value is -0.570. The van der Waals surface area contributed by atoms with Gasteiger partial charge in [0.15, 0.2) is 0 Å². The summed E-state index contributed by atoms with van der Waals surface area (Å²) in [5, 5.41) is 6.61. The maximum absolute atomic E-state index is 11.7. The van der Waals surface area contributed by atoms with E-state index in [2.05, 4.69) is 38.3 Å². The molecule has 0 radical (unpaired) electrons. The van der Waals surface area contributed by atoms with Gasteiger partial charge in [0.2, 0.25) is 5.91 Å². The molecule has 20 heavy (non-hydrogen) atoms. The van der Waals surface area contributed by atoms with Gasteiger partial charge in [-0.25, -0.2) is 0 Å². The van der Waals surface area contributed by atoms with Crippen LogP contribution in [-0.4, -0.2) is 24.5 Å². The summed E-state index contributed by atoms with van der Waals surface area (Å²) in [7, 11) is 0. The molecule has 1 saturated carbocycles. The third-order valence-electron chi connectivity index (χ3n) is 4.39. The lowest BCUT2D eigenvalue weighted by atomic mass is 9.81. The molecule has 0 spiro atoms. The summed E-state index contributed by atoms with van der Waals surface area (Å²) >= 11 is 0. The van der Waals surface area contributed by atoms with Crippen molar-refractivity contribution in [3.8, 4) is 0 Å². The molecule has 3 atom stereocenters. The maximum Gasteiger partial charge on any atom is 0.221 e. The normalized spacial score (nSPS) is 24.6. The van der Waals surface area contributed by atoms with E-state index in [1.54, 1.807) is 0 Å². The first-order chi connectivity index (χ1) is 9.51. The second kappa shape index (κ2) is 9.38. The molecule has 1 aliphatic rings. The highest BCUT2D eigenvalue weighted by Crippen LogP contribution is 2.29. The number of hydrogen-bond donors (Lipinski definition) is 2. The van der Waals surface area contributed by atoms with Crippen molar-refractivity contribution < 1.29 is 4.79 Å². The zero-order valence-corrected chi connectivity index (χ0v) is 13.9. The van der Waals surface area contributed by atoms with Crippen LogP contribution >= 0.6 is 0 Å². The maximum atomic E-state index is 11.7. The van der Waals surface area contributed by atoms with Crippen LogP contribution in [0.2, 0.25) is 0 Å². The molecule has 1 fully saturated rings. The third kappa shape index (κ3) is 7.28. The van der Waals surface area contributed by atoms with E-state index in [1.807, 2.05) is 0 Å². The van der Waals surface area contributed by atoms with E-state index in [9.17, 15) is 4.79 Å². The van der Waals surface area contributed by atoms with Crippen LogP contribution in [0, 0.1) is 11.8 Å². The quantitative estimate of drug-likeness (QED) is 0.715. The SMILES string of the molecule is CCC(C)NC(=O)CCNC1CCCC(CC(C)C)C1. The molecule has 0 aromatic carbocycles. The van der Waals surface area contributed by atoms with E-state index in [4.69, 9.17) is 0 Å². The Morgan fingerprint density at radius 1 is 1.25 bits per heavy atom. The van der Waals surface area contributed by atoms with Gasteiger partial charge in [0.25, 0.3) is 0 Å². The molecular weight excluding hydrogens is 248 g/mol. The summed E-state index contributed by atoms with van der Waals surface area (Å²) in [4.78, 5) is 11.7. The van der Waals surface area contributed by atoms with Crippen molar-refractivity contribution >= 4 is 5.91 Å². The average molecular weight is 282 g/mol. The Morgan fingerprint density at radius 3 is 2.65 bits per heavy atom. The van der Waals surface area contributed by atoms with Crippen LogP contribution in [0.4, 0.5) is 0 Å². The number of nitrogens with one attached hydrogen (secondary N) is 2. The molecule has 1 rings (SSSR count). The van der Waals surface area contributed by atoms with E-state index < -0.39 is 0 Å². The fourth-order valence-corrected chi connectivity index (χ4v) is 3.20. The Morgan fingerprint density at radius 2 is 2.00 bits per heavy atom. The predicted octanol–water partition coefficient (Wildman–Crippen LogP) is 3.49. The number of amides is 1. The molecule has 1 amide bonds. The molecule has 0 aromatic rings. The van der Waals surface area contributed by atoms with Gasteiger partial charge in [-0.05, 0) is 44.4 Å². The minimum Gasteiger partial charge on any atom is -0.354 e. The lowest BCUT2D eigenvalue weighted by molar-refractivity contribution is -0.121. The van der Waals surface area contributed by atoms with Crippen molar-refractivity contribution in [2.75, 3.05) is 6.54 Å². The van der Waals surface area contributed by atoms with Gasteiger partial charge in [-0.3, -0.25) is 4.79 Å². The van der Waals surface area contributed by atoms with Crippen molar-refractivity contribution in [3.63, 3.8) is 0 Å². The molecule has 0 saturated heterocycles. The topological polar surface area (TPSA) is 41.1 Å². The van der Waals surface area contributed by atoms with Crippen molar-refractivity contribution in [2.45, 2.75) is 84.7 Å². The Bertz CT molecular complexity index is 278. The third-order valence-corrected chi connectivity index (χ3v) is 4.39. The lowest BCUT2D eigenvalue weighted by Gasteiger charge is -2.31. The lowest BCUT2D eigenvalue weighted by Crippen LogP contribution is -2.38. The van der Waals surface area contributed by atoms with Crippen molar-refractivity contribution in [1.29, 1.82) is 0 Å². The largest absolute Gasteiger partial charge is 0.354 e. The second-order valence-electron chi connectivity index (χ2n) is 6.94. The molecule has 0 heterocycles. The van der Waals surface area contributed by atoms with Gasteiger partial charge >= 0.3 is 0 Å². The molecule has 118 valence electrons. The second-order valence-corrected chi connectivity index (χ2v) is 6.94. The zero-order chi connectivity index (χ0) is 15.0. The Balaban J connectivity index is 2.16. The monoisotopic (exact) mass is 282 g/mol. The van der Waals surface area contributed by atoms with Gasteiger partial charge in [-0.15, -0.1) is 0 Å². The fourth-order valence-electron chi connectivity index (χ4n) is 3.20. The van der Waals surface area contributed by atoms with Crippen molar-refractivity contribution in [1.82, 2.24) is 10.6 Å². The first-order valence-corrected chi connectivity index (χ1v) is 8.54. The smallest absolute Gasteiger partial charge is 0.221 e. The summed E-state index contributed by atoms with van der Waals surface area (Å²) < 4.78 is 0. The van der Waals surface area contributed by atoms with E-state index in [-0.39, 0.29) is 5.91 Å². The zero-order valence-electron chi connectivity index (χ0n) is 13.9. The van der Waals surface area contributed by atoms with Crippen molar-refractivity contribution in [2.24, 2.45) is 11.8 Å². The van der Waals surface area contributed by atoms with E-state index in [1.165, 1.54) is 32.1 Å². The summed E-state index contributed by atoms with van der Waals surface area (Å²) in [5.74, 6) is 1.87. The van der Waals surface area contributed by atoms with Crippen LogP contribution in [0.3, 0.4) is 0 Å². The van der Waals surface area contributed by atoms with Gasteiger partial charge in [0, 0.05) is 25.0 Å². The van der Waals surface area contributed by atoms with Crippen LogP contribution in [-0.2, 0) is 4.79 Å². The minimum atomic E-state index is 0.182. The van der Waals surface area contributed by atoms with E-state index in [0.29, 0.717) is 18.5 Å². The molecule has 0 aromatic heterocycles. The molecule has 2 N–H and O–H groups in total. The summed E-state index contributed by atoms with van der Waals surface area (Å²) in [6.07, 6.45) is 8.27. The molecular formula is C17H34N2O. The fraction of sp³-hybridized carbons (Fsp3) is 0.941. The van der Waals surface area contributed by atoms with E-state index in [0.717, 1.165) is 24.8 Å². The van der Waals surface area contributed by atoms with Crippen LogP contribution in [0.1, 0.15) is 72.6 Å². The van der Waals surface area contributed by atoms with Gasteiger partial charge in [-0.2, -0.15) is 0 Å². The van der Waals surface area contributed by atoms with Crippen LogP contribution in [0.15, 0.2) is 0 Å². The highest BCUT2D eigenvalue weighted by Gasteiger charge is 2.22. The predicted molar refractivity (Wildman–Crippen MR) is 85.7 cm³/mol. The molecule has 3 heteroatoms. The average Bonchev–Trinajstić information content (AvgIpc) is 2.38. The number of carbonyl (C=O) groups is 1. The number of hydrogen-bond acceptors (Lipinski definition) is 2. The first-order valence-electron chi connectivity index (χ1n) is 8.54. The highest BCUT2D eigenvalue weighted by molar-refractivity contribution is 5.76. The van der Waals surface area contributed by atoms with Gasteiger partial charge < -0.3 is 10.6 Å². The Kier molecular flexibility index (Phi) is 8.20. The summed E-state index contributed by atoms with van der Waals surface area (Å²) in [6, 6.07) is 0.927. The minimum absolute atomic E-state index is 0.182. The standard InChI is InChI=1S/C17H34N2O/c1-5-14(4)19-17(20)9-10-18-16-8-6-7-15(12-16)11-13(2)3/h13-16,18H,5-12H2,1-4H3,(H,19,20). The first kappa shape index (κ1) is 17.5. The molecule has 1 aliphatic carbocycles.